The van der Waals surface area contributed by atoms with E-state index in [-0.39, 0.29) is 17.4 Å². The number of likely N-dealkylation sites (N-methyl/N-ethyl adjacent to an activating group) is 1. The molecule has 1 aromatic carbocycles. The number of rotatable bonds is 8. The topological polar surface area (TPSA) is 100 Å². The summed E-state index contributed by atoms with van der Waals surface area (Å²) in [7, 11) is 3.93. The number of halogens is 2. The third-order valence-electron chi connectivity index (χ3n) is 6.52. The number of hydrogen-bond acceptors (Lipinski definition) is 8. The molecule has 1 saturated heterocycles. The van der Waals surface area contributed by atoms with Crippen LogP contribution >= 0.6 is 0 Å². The SMILES string of the molecule is C=CC(=O)Nc1cc(Nc2nccc(-c3cn(C)c4cccnc34)n2)c(OC(F)F)cc1N1CCN(C)CC1. The molecule has 0 saturated carbocycles. The van der Waals surface area contributed by atoms with E-state index in [0.29, 0.717) is 30.2 Å². The fourth-order valence-electron chi connectivity index (χ4n) is 4.54. The molecule has 0 atom stereocenters. The fourth-order valence-corrected chi connectivity index (χ4v) is 4.54. The number of pyridine rings is 1. The van der Waals surface area contributed by atoms with E-state index in [1.54, 1.807) is 24.5 Å². The highest BCUT2D eigenvalue weighted by molar-refractivity contribution is 6.02. The van der Waals surface area contributed by atoms with Gasteiger partial charge >= 0.3 is 6.61 Å². The molecule has 5 rings (SSSR count). The number of alkyl halides is 2. The largest absolute Gasteiger partial charge is 0.433 e. The van der Waals surface area contributed by atoms with Gasteiger partial charge in [0.15, 0.2) is 5.75 Å². The van der Waals surface area contributed by atoms with Gasteiger partial charge in [-0.1, -0.05) is 6.58 Å². The average Bonchev–Trinajstić information content (AvgIpc) is 3.27. The van der Waals surface area contributed by atoms with Gasteiger partial charge in [-0.05, 0) is 37.4 Å². The van der Waals surface area contributed by atoms with Crippen molar-refractivity contribution in [3.05, 3.63) is 61.6 Å². The van der Waals surface area contributed by atoms with Crippen molar-refractivity contribution in [1.29, 1.82) is 0 Å². The third-order valence-corrected chi connectivity index (χ3v) is 6.52. The van der Waals surface area contributed by atoms with E-state index < -0.39 is 12.5 Å². The number of carbonyl (C=O) groups is 1. The molecule has 0 spiro atoms. The minimum atomic E-state index is -3.06. The number of fused-ring (bicyclic) bond motifs is 1. The molecule has 10 nitrogen and oxygen atoms in total. The molecular weight excluding hydrogens is 506 g/mol. The van der Waals surface area contributed by atoms with Gasteiger partial charge in [-0.2, -0.15) is 8.78 Å². The maximum Gasteiger partial charge on any atom is 0.387 e. The van der Waals surface area contributed by atoms with E-state index in [9.17, 15) is 13.6 Å². The van der Waals surface area contributed by atoms with Gasteiger partial charge in [0.25, 0.3) is 0 Å². The molecule has 4 heterocycles. The van der Waals surface area contributed by atoms with Crippen molar-refractivity contribution in [1.82, 2.24) is 24.4 Å². The monoisotopic (exact) mass is 534 g/mol. The predicted molar refractivity (Wildman–Crippen MR) is 147 cm³/mol. The summed E-state index contributed by atoms with van der Waals surface area (Å²) in [6, 6.07) is 8.61. The number of piperazine rings is 1. The highest BCUT2D eigenvalue weighted by Crippen LogP contribution is 2.39. The Morgan fingerprint density at radius 2 is 1.90 bits per heavy atom. The van der Waals surface area contributed by atoms with Crippen molar-refractivity contribution in [3.8, 4) is 17.0 Å². The Hall–Kier alpha value is -4.58. The Balaban J connectivity index is 1.54. The molecule has 39 heavy (non-hydrogen) atoms. The van der Waals surface area contributed by atoms with Gasteiger partial charge in [0, 0.05) is 63.4 Å². The lowest BCUT2D eigenvalue weighted by Crippen LogP contribution is -2.44. The molecule has 2 N–H and O–H groups in total. The fraction of sp³-hybridized carbons (Fsp3) is 0.259. The van der Waals surface area contributed by atoms with Crippen LogP contribution in [0.3, 0.4) is 0 Å². The molecule has 0 unspecified atom stereocenters. The third kappa shape index (κ3) is 5.65. The molecule has 1 fully saturated rings. The summed E-state index contributed by atoms with van der Waals surface area (Å²) < 4.78 is 33.8. The number of nitrogens with one attached hydrogen (secondary N) is 2. The summed E-state index contributed by atoms with van der Waals surface area (Å²) in [5.41, 5.74) is 4.27. The van der Waals surface area contributed by atoms with E-state index in [2.05, 4.69) is 37.1 Å². The zero-order chi connectivity index (χ0) is 27.5. The van der Waals surface area contributed by atoms with E-state index in [1.807, 2.05) is 41.9 Å². The van der Waals surface area contributed by atoms with Crippen LogP contribution in [0.4, 0.5) is 31.8 Å². The van der Waals surface area contributed by atoms with Crippen LogP contribution in [-0.4, -0.2) is 70.2 Å². The number of aryl methyl sites for hydroxylation is 1. The minimum absolute atomic E-state index is 0.101. The van der Waals surface area contributed by atoms with Crippen molar-refractivity contribution in [2.45, 2.75) is 6.61 Å². The Morgan fingerprint density at radius 1 is 1.10 bits per heavy atom. The van der Waals surface area contributed by atoms with Crippen molar-refractivity contribution < 1.29 is 18.3 Å². The van der Waals surface area contributed by atoms with Gasteiger partial charge in [0.1, 0.15) is 0 Å². The predicted octanol–water partition coefficient (Wildman–Crippen LogP) is 4.25. The van der Waals surface area contributed by atoms with Gasteiger partial charge < -0.3 is 29.7 Å². The molecule has 3 aromatic heterocycles. The van der Waals surface area contributed by atoms with Gasteiger partial charge in [-0.15, -0.1) is 0 Å². The van der Waals surface area contributed by atoms with Gasteiger partial charge in [-0.25, -0.2) is 9.97 Å². The Labute approximate surface area is 223 Å². The van der Waals surface area contributed by atoms with E-state index >= 15 is 0 Å². The van der Waals surface area contributed by atoms with Crippen LogP contribution in [0.25, 0.3) is 22.3 Å². The molecule has 4 aromatic rings. The van der Waals surface area contributed by atoms with Crippen LogP contribution in [0.15, 0.2) is 61.6 Å². The van der Waals surface area contributed by atoms with Crippen LogP contribution < -0.4 is 20.3 Å². The van der Waals surface area contributed by atoms with E-state index in [1.165, 1.54) is 6.07 Å². The second-order valence-electron chi connectivity index (χ2n) is 9.14. The van der Waals surface area contributed by atoms with E-state index in [4.69, 9.17) is 4.74 Å². The second kappa shape index (κ2) is 11.0. The highest BCUT2D eigenvalue weighted by Gasteiger charge is 2.23. The lowest BCUT2D eigenvalue weighted by atomic mass is 10.1. The lowest BCUT2D eigenvalue weighted by molar-refractivity contribution is -0.111. The second-order valence-corrected chi connectivity index (χ2v) is 9.14. The summed E-state index contributed by atoms with van der Waals surface area (Å²) in [5, 5.41) is 5.79. The smallest absolute Gasteiger partial charge is 0.387 e. The van der Waals surface area contributed by atoms with Crippen LogP contribution in [0.2, 0.25) is 0 Å². The molecule has 1 aliphatic heterocycles. The Kier molecular flexibility index (Phi) is 7.37. The molecule has 12 heteroatoms. The summed E-state index contributed by atoms with van der Waals surface area (Å²) in [4.78, 5) is 29.8. The number of ether oxygens (including phenoxy) is 1. The average molecular weight is 535 g/mol. The number of aromatic nitrogens is 4. The Bertz CT molecular complexity index is 1520. The van der Waals surface area contributed by atoms with Crippen LogP contribution in [0, 0.1) is 0 Å². The summed E-state index contributed by atoms with van der Waals surface area (Å²) in [5.74, 6) is -0.371. The maximum atomic E-state index is 13.5. The lowest BCUT2D eigenvalue weighted by Gasteiger charge is -2.35. The molecule has 1 aliphatic rings. The maximum absolute atomic E-state index is 13.5. The zero-order valence-corrected chi connectivity index (χ0v) is 21.6. The first-order valence-electron chi connectivity index (χ1n) is 12.3. The van der Waals surface area contributed by atoms with Crippen molar-refractivity contribution >= 4 is 40.0 Å². The first-order valence-corrected chi connectivity index (χ1v) is 12.3. The van der Waals surface area contributed by atoms with Crippen LogP contribution in [-0.2, 0) is 11.8 Å². The van der Waals surface area contributed by atoms with Crippen molar-refractivity contribution in [3.63, 3.8) is 0 Å². The van der Waals surface area contributed by atoms with Crippen LogP contribution in [0.1, 0.15) is 0 Å². The molecule has 0 radical (unpaired) electrons. The standard InChI is InChI=1S/C27H28F2N8O2/c1-4-24(38)32-19-14-20(23(39-26(28)29)15-22(19)37-12-10-35(2)11-13-37)34-27-31-9-7-18(33-27)17-16-36(3)21-6-5-8-30-25(17)21/h4-9,14-16,26H,1,10-13H2,2-3H3,(H,32,38)(H,31,33,34). The van der Waals surface area contributed by atoms with E-state index in [0.717, 1.165) is 35.8 Å². The first kappa shape index (κ1) is 26.0. The van der Waals surface area contributed by atoms with Gasteiger partial charge in [0.2, 0.25) is 11.9 Å². The first-order chi connectivity index (χ1) is 18.8. The quantitative estimate of drug-likeness (QED) is 0.324. The summed E-state index contributed by atoms with van der Waals surface area (Å²) in [6.45, 7) is 3.32. The number of amides is 1. The number of hydrogen-bond donors (Lipinski definition) is 2. The van der Waals surface area contributed by atoms with Crippen LogP contribution in [0.5, 0.6) is 5.75 Å². The molecule has 202 valence electrons. The number of carbonyl (C=O) groups excluding carboxylic acids is 1. The number of anilines is 4. The van der Waals surface area contributed by atoms with Crippen molar-refractivity contribution in [2.24, 2.45) is 7.05 Å². The highest BCUT2D eigenvalue weighted by atomic mass is 19.3. The molecule has 1 amide bonds. The van der Waals surface area contributed by atoms with Gasteiger partial charge in [0.05, 0.1) is 33.8 Å². The summed E-state index contributed by atoms with van der Waals surface area (Å²) in [6.07, 6.45) is 6.35. The number of benzene rings is 1. The zero-order valence-electron chi connectivity index (χ0n) is 21.6. The summed E-state index contributed by atoms with van der Waals surface area (Å²) >= 11 is 0. The number of nitrogens with zero attached hydrogens (tertiary/aromatic N) is 6. The van der Waals surface area contributed by atoms with Crippen molar-refractivity contribution in [2.75, 3.05) is 48.8 Å². The molecule has 0 aliphatic carbocycles. The molecule has 0 bridgehead atoms. The minimum Gasteiger partial charge on any atom is -0.433 e. The normalized spacial score (nSPS) is 14.0. The van der Waals surface area contributed by atoms with Gasteiger partial charge in [-0.3, -0.25) is 9.78 Å². The Morgan fingerprint density at radius 3 is 2.64 bits per heavy atom. The molecular formula is C27H28F2N8O2.